The van der Waals surface area contributed by atoms with Crippen molar-refractivity contribution in [3.8, 4) is 0 Å². The van der Waals surface area contributed by atoms with E-state index >= 15 is 0 Å². The molecule has 3 heteroatoms. The van der Waals surface area contributed by atoms with E-state index in [1.165, 1.54) is 12.1 Å². The minimum absolute atomic E-state index is 0.188. The zero-order chi connectivity index (χ0) is 10.9. The summed E-state index contributed by atoms with van der Waals surface area (Å²) in [5, 5.41) is 0.419. The Morgan fingerprint density at radius 3 is 2.36 bits per heavy atom. The van der Waals surface area contributed by atoms with E-state index in [2.05, 4.69) is 9.24 Å². The molecule has 0 amide bonds. The Labute approximate surface area is 85.9 Å². The van der Waals surface area contributed by atoms with E-state index in [1.54, 1.807) is 0 Å². The first-order chi connectivity index (χ1) is 6.40. The molecule has 0 nitrogen and oxygen atoms in total. The van der Waals surface area contributed by atoms with Gasteiger partial charge in [-0.25, -0.2) is 8.78 Å². The van der Waals surface area contributed by atoms with Gasteiger partial charge in [0.2, 0.25) is 0 Å². The third-order valence-corrected chi connectivity index (χ3v) is 3.13. The van der Waals surface area contributed by atoms with Gasteiger partial charge in [-0.3, -0.25) is 0 Å². The number of benzene rings is 1. The first-order valence-electron chi connectivity index (χ1n) is 4.64. The zero-order valence-corrected chi connectivity index (χ0v) is 9.85. The maximum absolute atomic E-state index is 13.7. The summed E-state index contributed by atoms with van der Waals surface area (Å²) in [6, 6.07) is 2.75. The van der Waals surface area contributed by atoms with Gasteiger partial charge in [-0.05, 0) is 24.0 Å². The normalized spacial score (nSPS) is 11.9. The van der Waals surface area contributed by atoms with Crippen molar-refractivity contribution in [3.05, 3.63) is 29.3 Å². The lowest BCUT2D eigenvalue weighted by molar-refractivity contribution is 0.437. The molecule has 1 unspecified atom stereocenters. The fourth-order valence-corrected chi connectivity index (χ4v) is 1.61. The van der Waals surface area contributed by atoms with Gasteiger partial charge in [-0.1, -0.05) is 20.8 Å². The maximum atomic E-state index is 13.7. The Kier molecular flexibility index (Phi) is 3.26. The van der Waals surface area contributed by atoms with Crippen LogP contribution in [0.25, 0.3) is 0 Å². The van der Waals surface area contributed by atoms with E-state index in [9.17, 15) is 8.78 Å². The maximum Gasteiger partial charge on any atom is 0.136 e. The molecule has 78 valence electrons. The molecule has 0 aliphatic rings. The fraction of sp³-hybridized carbons (Fsp3) is 0.455. The van der Waals surface area contributed by atoms with E-state index in [0.717, 1.165) is 0 Å². The zero-order valence-electron chi connectivity index (χ0n) is 8.70. The number of hydrogen-bond donors (Lipinski definition) is 0. The van der Waals surface area contributed by atoms with Crippen LogP contribution >= 0.6 is 9.24 Å². The van der Waals surface area contributed by atoms with Gasteiger partial charge < -0.3 is 0 Å². The predicted octanol–water partition coefficient (Wildman–Crippen LogP) is 3.15. The van der Waals surface area contributed by atoms with E-state index in [-0.39, 0.29) is 5.56 Å². The number of halogens is 2. The summed E-state index contributed by atoms with van der Waals surface area (Å²) >= 11 is 0. The Hall–Kier alpha value is -0.490. The molecule has 0 heterocycles. The first kappa shape index (κ1) is 11.6. The van der Waals surface area contributed by atoms with Crippen LogP contribution in [0.2, 0.25) is 0 Å². The van der Waals surface area contributed by atoms with Crippen molar-refractivity contribution < 1.29 is 8.78 Å². The molecule has 1 atom stereocenters. The van der Waals surface area contributed by atoms with Crippen molar-refractivity contribution in [2.24, 2.45) is 0 Å². The molecule has 0 saturated heterocycles. The molecule has 14 heavy (non-hydrogen) atoms. The number of rotatable bonds is 2. The average Bonchev–Trinajstić information content (AvgIpc) is 2.12. The van der Waals surface area contributed by atoms with Crippen LogP contribution in [0.5, 0.6) is 0 Å². The summed E-state index contributed by atoms with van der Waals surface area (Å²) < 4.78 is 27.1. The summed E-state index contributed by atoms with van der Waals surface area (Å²) in [7, 11) is 2.28. The molecule has 0 radical (unpaired) electrons. The highest BCUT2D eigenvalue weighted by Gasteiger charge is 2.26. The predicted molar refractivity (Wildman–Crippen MR) is 59.0 cm³/mol. The molecule has 0 N–H and O–H groups in total. The van der Waals surface area contributed by atoms with Gasteiger partial charge in [0.05, 0.1) is 0 Å². The van der Waals surface area contributed by atoms with E-state index in [0.29, 0.717) is 11.7 Å². The third-order valence-electron chi connectivity index (χ3n) is 2.68. The Morgan fingerprint density at radius 1 is 1.29 bits per heavy atom. The van der Waals surface area contributed by atoms with Crippen LogP contribution < -0.4 is 5.30 Å². The molecule has 1 aromatic rings. The molecule has 0 aromatic heterocycles. The first-order valence-corrected chi connectivity index (χ1v) is 5.22. The highest BCUT2D eigenvalue weighted by atomic mass is 31.0. The molecule has 0 saturated carbocycles. The third kappa shape index (κ3) is 1.95. The molecule has 0 bridgehead atoms. The van der Waals surface area contributed by atoms with Crippen molar-refractivity contribution in [1.82, 2.24) is 0 Å². The lowest BCUT2D eigenvalue weighted by Crippen LogP contribution is -2.22. The van der Waals surface area contributed by atoms with E-state index in [1.807, 2.05) is 20.8 Å². The largest absolute Gasteiger partial charge is 0.207 e. The van der Waals surface area contributed by atoms with Gasteiger partial charge in [-0.15, -0.1) is 9.24 Å². The van der Waals surface area contributed by atoms with Gasteiger partial charge >= 0.3 is 0 Å². The Balaban J connectivity index is 3.40. The molecule has 0 aliphatic carbocycles. The van der Waals surface area contributed by atoms with Gasteiger partial charge in [0, 0.05) is 10.9 Å². The SMILES string of the molecule is CCC(C)(C)c1c(F)ccc(P)c1F. The minimum atomic E-state index is -0.458. The lowest BCUT2D eigenvalue weighted by atomic mass is 9.81. The quantitative estimate of drug-likeness (QED) is 0.666. The standard InChI is InChI=1S/C11H15F2P/c1-4-11(2,3)9-7(12)5-6-8(14)10(9)13/h5-6H,4,14H2,1-3H3. The van der Waals surface area contributed by atoms with Crippen molar-refractivity contribution in [1.29, 1.82) is 0 Å². The highest BCUT2D eigenvalue weighted by Crippen LogP contribution is 2.30. The second-order valence-electron chi connectivity index (χ2n) is 4.06. The van der Waals surface area contributed by atoms with Crippen LogP contribution in [0.15, 0.2) is 12.1 Å². The van der Waals surface area contributed by atoms with Gasteiger partial charge in [0.25, 0.3) is 0 Å². The molecule has 0 fully saturated rings. The highest BCUT2D eigenvalue weighted by molar-refractivity contribution is 7.27. The molecular weight excluding hydrogens is 201 g/mol. The molecule has 0 aliphatic heterocycles. The summed E-state index contributed by atoms with van der Waals surface area (Å²) in [6.07, 6.45) is 0.703. The Morgan fingerprint density at radius 2 is 1.86 bits per heavy atom. The van der Waals surface area contributed by atoms with Crippen LogP contribution in [0.4, 0.5) is 8.78 Å². The van der Waals surface area contributed by atoms with Crippen LogP contribution in [0.3, 0.4) is 0 Å². The van der Waals surface area contributed by atoms with Crippen LogP contribution in [-0.4, -0.2) is 0 Å². The van der Waals surface area contributed by atoms with Crippen LogP contribution in [-0.2, 0) is 5.41 Å². The van der Waals surface area contributed by atoms with Crippen molar-refractivity contribution in [2.45, 2.75) is 32.6 Å². The van der Waals surface area contributed by atoms with Crippen LogP contribution in [0, 0.1) is 11.6 Å². The minimum Gasteiger partial charge on any atom is -0.207 e. The van der Waals surface area contributed by atoms with Gasteiger partial charge in [-0.2, -0.15) is 0 Å². The summed E-state index contributed by atoms with van der Waals surface area (Å²) in [5.41, 5.74) is -0.270. The second kappa shape index (κ2) is 3.94. The molecule has 1 rings (SSSR count). The van der Waals surface area contributed by atoms with Crippen LogP contribution in [0.1, 0.15) is 32.8 Å². The monoisotopic (exact) mass is 216 g/mol. The fourth-order valence-electron chi connectivity index (χ4n) is 1.37. The Bertz CT molecular complexity index is 345. The van der Waals surface area contributed by atoms with Crippen molar-refractivity contribution in [3.63, 3.8) is 0 Å². The van der Waals surface area contributed by atoms with Gasteiger partial charge in [0.1, 0.15) is 11.6 Å². The summed E-state index contributed by atoms with van der Waals surface area (Å²) in [6.45, 7) is 5.62. The second-order valence-corrected chi connectivity index (χ2v) is 4.69. The van der Waals surface area contributed by atoms with Crippen molar-refractivity contribution >= 4 is 14.5 Å². The number of hydrogen-bond acceptors (Lipinski definition) is 0. The van der Waals surface area contributed by atoms with Crippen molar-refractivity contribution in [2.75, 3.05) is 0 Å². The lowest BCUT2D eigenvalue weighted by Gasteiger charge is -2.24. The smallest absolute Gasteiger partial charge is 0.136 e. The molecule has 1 aromatic carbocycles. The van der Waals surface area contributed by atoms with E-state index in [4.69, 9.17) is 0 Å². The summed E-state index contributed by atoms with van der Waals surface area (Å²) in [5.74, 6) is -0.901. The van der Waals surface area contributed by atoms with Gasteiger partial charge in [0.15, 0.2) is 0 Å². The van der Waals surface area contributed by atoms with E-state index < -0.39 is 17.0 Å². The average molecular weight is 216 g/mol. The molecular formula is C11H15F2P. The topological polar surface area (TPSA) is 0 Å². The summed E-state index contributed by atoms with van der Waals surface area (Å²) in [4.78, 5) is 0. The molecule has 0 spiro atoms.